The van der Waals surface area contributed by atoms with E-state index >= 15 is 0 Å². The Bertz CT molecular complexity index is 1080. The van der Waals surface area contributed by atoms with Crippen LogP contribution in [0.2, 0.25) is 0 Å². The van der Waals surface area contributed by atoms with Gasteiger partial charge in [0.25, 0.3) is 0 Å². The summed E-state index contributed by atoms with van der Waals surface area (Å²) >= 11 is 0. The van der Waals surface area contributed by atoms with Gasteiger partial charge in [0.15, 0.2) is 5.52 Å². The third-order valence-electron chi connectivity index (χ3n) is 5.02. The fraction of sp³-hybridized carbons (Fsp3) is 0.524. The quantitative estimate of drug-likeness (QED) is 0.271. The number of fused-ring (bicyclic) bond motifs is 3. The highest BCUT2D eigenvalue weighted by Gasteiger charge is 2.18. The zero-order chi connectivity index (χ0) is 20.9. The monoisotopic (exact) mass is 419 g/mol. The van der Waals surface area contributed by atoms with E-state index in [0.717, 1.165) is 40.7 Å². The maximum absolute atomic E-state index is 12.4. The minimum absolute atomic E-state index is 0.0145. The molecule has 2 aromatic heterocycles. The Labute approximate surface area is 171 Å². The van der Waals surface area contributed by atoms with Crippen LogP contribution in [0.15, 0.2) is 30.5 Å². The van der Waals surface area contributed by atoms with E-state index in [1.165, 1.54) is 25.3 Å². The highest BCUT2D eigenvalue weighted by Crippen LogP contribution is 2.24. The van der Waals surface area contributed by atoms with E-state index in [9.17, 15) is 13.6 Å². The summed E-state index contributed by atoms with van der Waals surface area (Å²) in [7, 11) is -3.03. The molecule has 8 heteroatoms. The maximum Gasteiger partial charge on any atom is 0.226 e. The number of aryl methyl sites for hydroxylation is 1. The van der Waals surface area contributed by atoms with Gasteiger partial charge in [-0.1, -0.05) is 38.3 Å². The molecule has 158 valence electrons. The molecule has 0 N–H and O–H groups in total. The third kappa shape index (κ3) is 5.45. The minimum atomic E-state index is -3.03. The molecule has 0 saturated carbocycles. The smallest absolute Gasteiger partial charge is 0.226 e. The number of rotatable bonds is 11. The molecular formula is C21H29N3O4S. The zero-order valence-corrected chi connectivity index (χ0v) is 18.0. The zero-order valence-electron chi connectivity index (χ0n) is 17.1. The normalized spacial score (nSPS) is 12.2. The molecule has 2 heterocycles. The van der Waals surface area contributed by atoms with Crippen molar-refractivity contribution in [1.29, 1.82) is 0 Å². The van der Waals surface area contributed by atoms with Crippen molar-refractivity contribution in [3.8, 4) is 0 Å². The fourth-order valence-corrected chi connectivity index (χ4v) is 3.97. The van der Waals surface area contributed by atoms with Gasteiger partial charge in [-0.25, -0.2) is 13.4 Å². The highest BCUT2D eigenvalue weighted by atomic mass is 32.2. The summed E-state index contributed by atoms with van der Waals surface area (Å²) in [5.74, 6) is 0.958. The lowest BCUT2D eigenvalue weighted by Gasteiger charge is -2.11. The van der Waals surface area contributed by atoms with Crippen LogP contribution in [0.4, 0.5) is 0 Å². The highest BCUT2D eigenvalue weighted by molar-refractivity contribution is 7.90. The molecule has 0 bridgehead atoms. The molecule has 0 saturated heterocycles. The molecule has 0 unspecified atom stereocenters. The molecule has 0 aliphatic rings. The summed E-state index contributed by atoms with van der Waals surface area (Å²) < 4.78 is 31.1. The predicted molar refractivity (Wildman–Crippen MR) is 115 cm³/mol. The van der Waals surface area contributed by atoms with Crippen LogP contribution < -0.4 is 4.73 Å². The van der Waals surface area contributed by atoms with E-state index in [0.29, 0.717) is 24.2 Å². The standard InChI is InChI=1S/C21H29N3O4S/c1-3-4-5-6-11-20-22-18-16-24(25)19-10-8-7-9-17(19)21(18)23(20)12-13-28-14-15-29(2,26)27/h7-10,16H,3-6,11-15H2,1-2H3. The summed E-state index contributed by atoms with van der Waals surface area (Å²) in [4.78, 5) is 4.75. The van der Waals surface area contributed by atoms with Crippen molar-refractivity contribution in [2.45, 2.75) is 45.6 Å². The number of nitrogens with zero attached hydrogens (tertiary/aromatic N) is 3. The molecule has 0 aliphatic carbocycles. The second kappa shape index (κ2) is 9.54. The van der Waals surface area contributed by atoms with Crippen molar-refractivity contribution in [1.82, 2.24) is 9.55 Å². The molecule has 0 spiro atoms. The van der Waals surface area contributed by atoms with Gasteiger partial charge in [-0.2, -0.15) is 4.73 Å². The predicted octanol–water partition coefficient (Wildman–Crippen LogP) is 3.01. The van der Waals surface area contributed by atoms with E-state index in [-0.39, 0.29) is 12.4 Å². The summed E-state index contributed by atoms with van der Waals surface area (Å²) in [5.41, 5.74) is 2.22. The molecule has 0 fully saturated rings. The number of para-hydroxylation sites is 1. The molecular weight excluding hydrogens is 390 g/mol. The first-order valence-corrected chi connectivity index (χ1v) is 12.2. The first-order valence-electron chi connectivity index (χ1n) is 10.2. The Balaban J connectivity index is 1.89. The molecule has 0 aliphatic heterocycles. The number of imidazole rings is 1. The Hall–Kier alpha value is -2.19. The van der Waals surface area contributed by atoms with Crippen molar-refractivity contribution >= 4 is 31.8 Å². The van der Waals surface area contributed by atoms with Crippen molar-refractivity contribution in [2.75, 3.05) is 25.2 Å². The van der Waals surface area contributed by atoms with Crippen LogP contribution in [0.25, 0.3) is 21.9 Å². The van der Waals surface area contributed by atoms with Crippen LogP contribution in [-0.2, 0) is 27.5 Å². The van der Waals surface area contributed by atoms with Crippen molar-refractivity contribution in [2.24, 2.45) is 0 Å². The Morgan fingerprint density at radius 3 is 2.72 bits per heavy atom. The Kier molecular flexibility index (Phi) is 7.08. The number of pyridine rings is 1. The second-order valence-corrected chi connectivity index (χ2v) is 9.70. The van der Waals surface area contributed by atoms with Gasteiger partial charge in [0.1, 0.15) is 15.7 Å². The van der Waals surface area contributed by atoms with E-state index in [1.54, 1.807) is 0 Å². The maximum atomic E-state index is 12.4. The summed E-state index contributed by atoms with van der Waals surface area (Å²) in [5, 5.41) is 13.3. The van der Waals surface area contributed by atoms with Gasteiger partial charge in [-0.05, 0) is 12.5 Å². The summed E-state index contributed by atoms with van der Waals surface area (Å²) in [6.07, 6.45) is 8.13. The van der Waals surface area contributed by atoms with Gasteiger partial charge in [0.05, 0.1) is 29.9 Å². The molecule has 0 radical (unpaired) electrons. The average molecular weight is 420 g/mol. The molecule has 29 heavy (non-hydrogen) atoms. The first-order chi connectivity index (χ1) is 13.9. The largest absolute Gasteiger partial charge is 0.618 e. The van der Waals surface area contributed by atoms with E-state index in [4.69, 9.17) is 9.72 Å². The topological polar surface area (TPSA) is 88.1 Å². The number of benzene rings is 1. The lowest BCUT2D eigenvalue weighted by atomic mass is 10.1. The minimum Gasteiger partial charge on any atom is -0.618 e. The molecule has 0 amide bonds. The van der Waals surface area contributed by atoms with E-state index in [2.05, 4.69) is 11.5 Å². The van der Waals surface area contributed by atoms with Crippen LogP contribution in [0.3, 0.4) is 0 Å². The Morgan fingerprint density at radius 2 is 1.97 bits per heavy atom. The molecule has 3 aromatic rings. The van der Waals surface area contributed by atoms with Crippen LogP contribution >= 0.6 is 0 Å². The number of unbranched alkanes of at least 4 members (excludes halogenated alkanes) is 3. The van der Waals surface area contributed by atoms with Gasteiger partial charge in [0.2, 0.25) is 11.7 Å². The van der Waals surface area contributed by atoms with Gasteiger partial charge in [-0.3, -0.25) is 0 Å². The van der Waals surface area contributed by atoms with Crippen molar-refractivity contribution in [3.05, 3.63) is 41.5 Å². The van der Waals surface area contributed by atoms with Gasteiger partial charge in [0, 0.05) is 25.3 Å². The van der Waals surface area contributed by atoms with Crippen LogP contribution in [0, 0.1) is 5.21 Å². The van der Waals surface area contributed by atoms with Crippen LogP contribution in [0.5, 0.6) is 0 Å². The first kappa shape index (κ1) is 21.5. The fourth-order valence-electron chi connectivity index (χ4n) is 3.55. The van der Waals surface area contributed by atoms with Gasteiger partial charge >= 0.3 is 0 Å². The average Bonchev–Trinajstić information content (AvgIpc) is 3.01. The van der Waals surface area contributed by atoms with Gasteiger partial charge < -0.3 is 14.5 Å². The Morgan fingerprint density at radius 1 is 1.17 bits per heavy atom. The van der Waals surface area contributed by atoms with Crippen molar-refractivity contribution in [3.63, 3.8) is 0 Å². The van der Waals surface area contributed by atoms with Crippen LogP contribution in [0.1, 0.15) is 38.4 Å². The lowest BCUT2D eigenvalue weighted by Crippen LogP contribution is -2.26. The number of sulfone groups is 1. The number of hydrogen-bond donors (Lipinski definition) is 0. The van der Waals surface area contributed by atoms with Crippen LogP contribution in [-0.4, -0.2) is 43.2 Å². The van der Waals surface area contributed by atoms with E-state index in [1.807, 2.05) is 24.3 Å². The number of ether oxygens (including phenoxy) is 1. The lowest BCUT2D eigenvalue weighted by molar-refractivity contribution is -0.575. The molecule has 7 nitrogen and oxygen atoms in total. The van der Waals surface area contributed by atoms with E-state index < -0.39 is 9.84 Å². The third-order valence-corrected chi connectivity index (χ3v) is 5.93. The number of aromatic nitrogens is 3. The van der Waals surface area contributed by atoms with Gasteiger partial charge in [-0.15, -0.1) is 0 Å². The van der Waals surface area contributed by atoms with Crippen molar-refractivity contribution < 1.29 is 17.9 Å². The summed E-state index contributed by atoms with van der Waals surface area (Å²) in [6, 6.07) is 7.52. The number of hydrogen-bond acceptors (Lipinski definition) is 5. The molecule has 3 rings (SSSR count). The molecule has 0 atom stereocenters. The second-order valence-electron chi connectivity index (χ2n) is 7.44. The molecule has 1 aromatic carbocycles. The SMILES string of the molecule is CCCCCCc1nc2c[n+]([O-])c3ccccc3c2n1CCOCCS(C)(=O)=O. The summed E-state index contributed by atoms with van der Waals surface area (Å²) in [6.45, 7) is 3.32.